The molecule has 20 heteroatoms. The van der Waals surface area contributed by atoms with Gasteiger partial charge in [0.05, 0.1) is 0 Å². The van der Waals surface area contributed by atoms with Crippen LogP contribution in [0.5, 0.6) is 0 Å². The Morgan fingerprint density at radius 3 is 1.37 bits per heavy atom. The lowest BCUT2D eigenvalue weighted by Gasteiger charge is -2.23. The average Bonchev–Trinajstić information content (AvgIpc) is 4.09. The van der Waals surface area contributed by atoms with Gasteiger partial charge in [-0.25, -0.2) is 15.0 Å². The van der Waals surface area contributed by atoms with Gasteiger partial charge in [0.2, 0.25) is 0 Å². The summed E-state index contributed by atoms with van der Waals surface area (Å²) in [6, 6.07) is 33.3. The molecule has 4 heterocycles. The minimum absolute atomic E-state index is 0.604. The van der Waals surface area contributed by atoms with Crippen LogP contribution in [-0.2, 0) is 0 Å². The normalized spacial score (nSPS) is 11.9. The van der Waals surface area contributed by atoms with Crippen molar-refractivity contribution in [1.82, 2.24) is 19.5 Å². The molecule has 0 N–H and O–H groups in total. The molecule has 0 atom stereocenters. The molecule has 71 heavy (non-hydrogen) atoms. The Hall–Kier alpha value is -6.50. The van der Waals surface area contributed by atoms with Gasteiger partial charge in [0.25, 0.3) is 0 Å². The summed E-state index contributed by atoms with van der Waals surface area (Å²) in [6.45, 7) is 0. The van der Waals surface area contributed by atoms with Crippen LogP contribution in [0.1, 0.15) is 0 Å². The van der Waals surface area contributed by atoms with E-state index < -0.39 is 0 Å². The first-order valence-electron chi connectivity index (χ1n) is 24.9. The van der Waals surface area contributed by atoms with Gasteiger partial charge in [0.15, 0.2) is 17.5 Å². The second-order valence-electron chi connectivity index (χ2n) is 20.3. The maximum atomic E-state index is 6.64. The fraction of sp³-hybridized carbons (Fsp3) is 0. The van der Waals surface area contributed by atoms with E-state index in [-0.39, 0.29) is 0 Å². The van der Waals surface area contributed by atoms with E-state index in [0.29, 0.717) is 17.5 Å². The van der Waals surface area contributed by atoms with E-state index in [0.717, 1.165) is 38.6 Å². The smallest absolute Gasteiger partial charge is 0.164 e. The summed E-state index contributed by atoms with van der Waals surface area (Å²) in [7, 11) is 32.7. The minimum atomic E-state index is 0.604. The summed E-state index contributed by atoms with van der Waals surface area (Å²) >= 11 is 1.98. The Bertz CT molecular complexity index is 4210. The number of furan rings is 1. The van der Waals surface area contributed by atoms with Crippen molar-refractivity contribution in [2.24, 2.45) is 0 Å². The quantitative estimate of drug-likeness (QED) is 0.161. The molecule has 5 nitrogen and oxygen atoms in total. The number of nitrogens with zero attached hydrogens (tertiary/aromatic N) is 4. The third-order valence-electron chi connectivity index (χ3n) is 16.9. The van der Waals surface area contributed by atoms with Crippen LogP contribution in [0.3, 0.4) is 0 Å². The van der Waals surface area contributed by atoms with Crippen LogP contribution in [0.15, 0.2) is 101 Å². The van der Waals surface area contributed by atoms with Gasteiger partial charge in [-0.3, -0.25) is 0 Å². The molecule has 4 aromatic heterocycles. The molecule has 12 rings (SSSR count). The van der Waals surface area contributed by atoms with E-state index in [1.807, 2.05) is 72.0 Å². The summed E-state index contributed by atoms with van der Waals surface area (Å²) < 4.78 is 12.1. The van der Waals surface area contributed by atoms with Crippen LogP contribution in [-0.4, -0.2) is 129 Å². The number of aromatic nitrogens is 4. The predicted molar refractivity (Wildman–Crippen MR) is 351 cm³/mol. The van der Waals surface area contributed by atoms with Crippen LogP contribution in [0.4, 0.5) is 0 Å². The number of thiophene rings is 1. The fourth-order valence-corrected chi connectivity index (χ4v) is 13.5. The molecule has 0 radical (unpaired) electrons. The SMILES string of the molecule is Bc1c(-c2ccc3oc4cc(-c5nc(-c6ccccc6)nc(-c6ccccc6)n5)ccc4c3c2)c(B)c2sc3c(B)c(-n4c5c(B)c(B)c(B)c(B)c5c5c(B)c(B)c(B)c(B)c54)c(B)c(B)c3c2c1B. The van der Waals surface area contributed by atoms with Crippen molar-refractivity contribution in [3.63, 3.8) is 0 Å². The Labute approximate surface area is 430 Å². The van der Waals surface area contributed by atoms with Gasteiger partial charge >= 0.3 is 0 Å². The summed E-state index contributed by atoms with van der Waals surface area (Å²) in [5.41, 5.74) is 30.1. The summed E-state index contributed by atoms with van der Waals surface area (Å²) in [5, 5.41) is 7.76. The van der Waals surface area contributed by atoms with Crippen LogP contribution in [0.2, 0.25) is 0 Å². The molecule has 322 valence electrons. The third-order valence-corrected chi connectivity index (χ3v) is 18.3. The fourth-order valence-electron chi connectivity index (χ4n) is 12.1. The van der Waals surface area contributed by atoms with Crippen molar-refractivity contribution in [2.75, 3.05) is 0 Å². The van der Waals surface area contributed by atoms with Crippen LogP contribution >= 0.6 is 11.3 Å². The molecule has 0 spiro atoms. The second-order valence-corrected chi connectivity index (χ2v) is 21.3. The Balaban J connectivity index is 1.03. The topological polar surface area (TPSA) is 56.7 Å². The third kappa shape index (κ3) is 6.55. The average molecular weight is 912 g/mol. The van der Waals surface area contributed by atoms with E-state index in [1.54, 1.807) is 0 Å². The molecule has 0 unspecified atom stereocenters. The zero-order chi connectivity index (χ0) is 49.6. The van der Waals surface area contributed by atoms with Crippen LogP contribution in [0.25, 0.3) is 115 Å². The molecule has 0 fully saturated rings. The van der Waals surface area contributed by atoms with Gasteiger partial charge in [-0.2, -0.15) is 0 Å². The number of hydrogen-bond acceptors (Lipinski definition) is 5. The van der Waals surface area contributed by atoms with E-state index in [4.69, 9.17) is 19.4 Å². The summed E-state index contributed by atoms with van der Waals surface area (Å²) in [6.07, 6.45) is 0. The summed E-state index contributed by atoms with van der Waals surface area (Å²) in [5.74, 6) is 1.87. The Morgan fingerprint density at radius 1 is 0.352 bits per heavy atom. The van der Waals surface area contributed by atoms with Gasteiger partial charge in [-0.05, 0) is 62.4 Å². The minimum Gasteiger partial charge on any atom is -0.456 e. The van der Waals surface area contributed by atoms with Crippen molar-refractivity contribution in [2.45, 2.75) is 0 Å². The highest BCUT2D eigenvalue weighted by Gasteiger charge is 2.28. The zero-order valence-electron chi connectivity index (χ0n) is 43.3. The highest BCUT2D eigenvalue weighted by molar-refractivity contribution is 7.28. The van der Waals surface area contributed by atoms with Gasteiger partial charge < -0.3 is 8.98 Å². The number of benzene rings is 8. The molecule has 0 saturated carbocycles. The highest BCUT2D eigenvalue weighted by Crippen LogP contribution is 2.37. The van der Waals surface area contributed by atoms with E-state index in [2.05, 4.69) is 151 Å². The molecule has 0 bridgehead atoms. The first-order chi connectivity index (χ1) is 34.1. The lowest BCUT2D eigenvalue weighted by atomic mass is 9.63. The molecular weight excluding hydrogens is 868 g/mol. The van der Waals surface area contributed by atoms with Crippen molar-refractivity contribution in [1.29, 1.82) is 0 Å². The number of rotatable bonds is 5. The number of hydrogen-bond donors (Lipinski definition) is 0. The van der Waals surface area contributed by atoms with Gasteiger partial charge in [-0.15, -0.1) is 22.3 Å². The zero-order valence-corrected chi connectivity index (χ0v) is 44.2. The molecule has 0 aliphatic rings. The van der Waals surface area contributed by atoms with Crippen LogP contribution in [0, 0.1) is 0 Å². The maximum Gasteiger partial charge on any atom is 0.164 e. The van der Waals surface area contributed by atoms with E-state index in [1.165, 1.54) is 135 Å². The monoisotopic (exact) mass is 914 g/mol. The largest absolute Gasteiger partial charge is 0.456 e. The molecule has 8 aromatic carbocycles. The highest BCUT2D eigenvalue weighted by atomic mass is 32.1. The second kappa shape index (κ2) is 16.5. The van der Waals surface area contributed by atoms with Gasteiger partial charge in [0, 0.05) is 53.6 Å². The molecular formula is C51H44B14N4OS. The van der Waals surface area contributed by atoms with Crippen molar-refractivity contribution in [3.8, 4) is 51.0 Å². The molecule has 0 amide bonds. The number of fused-ring (bicyclic) bond motifs is 9. The van der Waals surface area contributed by atoms with E-state index >= 15 is 0 Å². The predicted octanol–water partition coefficient (Wildman–Crippen LogP) is -10.5. The Kier molecular flexibility index (Phi) is 10.6. The lowest BCUT2D eigenvalue weighted by molar-refractivity contribution is 0.669. The Morgan fingerprint density at radius 2 is 0.817 bits per heavy atom. The molecule has 0 saturated heterocycles. The summed E-state index contributed by atoms with van der Waals surface area (Å²) in [4.78, 5) is 14.9. The van der Waals surface area contributed by atoms with Crippen molar-refractivity contribution in [3.05, 3.63) is 97.1 Å². The molecule has 0 aliphatic heterocycles. The van der Waals surface area contributed by atoms with Gasteiger partial charge in [-0.1, -0.05) is 133 Å². The van der Waals surface area contributed by atoms with Gasteiger partial charge in [0.1, 0.15) is 121 Å². The standard InChI is InChI=1S/C51H44B14N4OS/c52-30-25(19-12-14-23-22(15-19)21-13-11-20(16-24(21)70-23)51-67-49(17-7-3-1-4-8-17)66-50(68-51)18-9-5-2-6-10-18)35(57)47-28(33(30)55)29-34(56)40(62)46(43(65)48(29)71-47)69-44-26(31(53)36(58)38(60)41(44)63)27-32(54)37(59)39(61)42(64)45(27)69/h1-16H,52-65H2. The molecule has 0 aliphatic carbocycles. The maximum absolute atomic E-state index is 6.64. The first-order valence-corrected chi connectivity index (χ1v) is 25.7. The van der Waals surface area contributed by atoms with E-state index in [9.17, 15) is 0 Å². The van der Waals surface area contributed by atoms with Crippen LogP contribution < -0.4 is 76.5 Å². The van der Waals surface area contributed by atoms with Crippen molar-refractivity contribution >= 4 is 262 Å². The first kappa shape index (κ1) is 45.6. The molecule has 12 aromatic rings. The lowest BCUT2D eigenvalue weighted by Crippen LogP contribution is -2.49. The van der Waals surface area contributed by atoms with Crippen molar-refractivity contribution < 1.29 is 4.42 Å².